The van der Waals surface area contributed by atoms with Gasteiger partial charge in [0, 0.05) is 37.0 Å². The average molecular weight is 316 g/mol. The van der Waals surface area contributed by atoms with Crippen molar-refractivity contribution >= 4 is 5.91 Å². The van der Waals surface area contributed by atoms with Gasteiger partial charge in [0.05, 0.1) is 11.7 Å². The summed E-state index contributed by atoms with van der Waals surface area (Å²) in [5.41, 5.74) is 2.84. The van der Waals surface area contributed by atoms with Crippen LogP contribution in [0.25, 0.3) is 0 Å². The van der Waals surface area contributed by atoms with E-state index in [0.717, 1.165) is 17.1 Å². The Hall–Kier alpha value is -2.37. The van der Waals surface area contributed by atoms with Crippen molar-refractivity contribution in [1.29, 1.82) is 0 Å². The molecule has 0 saturated heterocycles. The van der Waals surface area contributed by atoms with Crippen LogP contribution in [0.2, 0.25) is 0 Å². The molecule has 2 rings (SSSR count). The van der Waals surface area contributed by atoms with E-state index in [1.807, 2.05) is 44.5 Å². The summed E-state index contributed by atoms with van der Waals surface area (Å²) in [6, 6.07) is 7.21. The van der Waals surface area contributed by atoms with Crippen LogP contribution in [0.1, 0.15) is 36.5 Å². The normalized spacial score (nSPS) is 12.2. The highest BCUT2D eigenvalue weighted by Gasteiger charge is 2.11. The standard InChI is InChI=1S/C17H24N4O2/c1-12-10-14(3)21(19-12)15(4)11-18-16(22)8-9-20-13(2)6-5-7-17(20)23/h5-7,10,15H,8-9,11H2,1-4H3,(H,18,22)/t15-/m1/s1. The predicted octanol–water partition coefficient (Wildman–Crippen LogP) is 1.74. The lowest BCUT2D eigenvalue weighted by Crippen LogP contribution is -2.32. The summed E-state index contributed by atoms with van der Waals surface area (Å²) in [6.45, 7) is 8.75. The molecular weight excluding hydrogens is 292 g/mol. The number of hydrogen-bond acceptors (Lipinski definition) is 3. The van der Waals surface area contributed by atoms with Gasteiger partial charge in [-0.1, -0.05) is 6.07 Å². The molecule has 124 valence electrons. The highest BCUT2D eigenvalue weighted by Crippen LogP contribution is 2.09. The molecular formula is C17H24N4O2. The summed E-state index contributed by atoms with van der Waals surface area (Å²) in [6.07, 6.45) is 0.286. The Morgan fingerprint density at radius 2 is 2.00 bits per heavy atom. The lowest BCUT2D eigenvalue weighted by Gasteiger charge is -2.15. The van der Waals surface area contributed by atoms with Gasteiger partial charge < -0.3 is 9.88 Å². The second-order valence-corrected chi connectivity index (χ2v) is 5.93. The Bertz CT molecular complexity index is 745. The van der Waals surface area contributed by atoms with Crippen molar-refractivity contribution < 1.29 is 4.79 Å². The first kappa shape index (κ1) is 17.0. The van der Waals surface area contributed by atoms with Crippen molar-refractivity contribution in [3.63, 3.8) is 0 Å². The fourth-order valence-corrected chi connectivity index (χ4v) is 2.65. The average Bonchev–Trinajstić information content (AvgIpc) is 2.83. The van der Waals surface area contributed by atoms with Crippen LogP contribution in [0.15, 0.2) is 29.1 Å². The molecule has 0 aliphatic rings. The SMILES string of the molecule is Cc1cc(C)n([C@H](C)CNC(=O)CCn2c(C)cccc2=O)n1. The van der Waals surface area contributed by atoms with E-state index in [2.05, 4.69) is 10.4 Å². The highest BCUT2D eigenvalue weighted by atomic mass is 16.1. The topological polar surface area (TPSA) is 68.9 Å². The molecule has 0 radical (unpaired) electrons. The zero-order chi connectivity index (χ0) is 17.0. The van der Waals surface area contributed by atoms with Gasteiger partial charge in [0.15, 0.2) is 0 Å². The molecule has 6 heteroatoms. The van der Waals surface area contributed by atoms with Gasteiger partial charge in [-0.05, 0) is 39.8 Å². The van der Waals surface area contributed by atoms with Gasteiger partial charge in [-0.3, -0.25) is 14.3 Å². The summed E-state index contributed by atoms with van der Waals surface area (Å²) in [7, 11) is 0. The van der Waals surface area contributed by atoms with Gasteiger partial charge >= 0.3 is 0 Å². The summed E-state index contributed by atoms with van der Waals surface area (Å²) in [4.78, 5) is 23.8. The second-order valence-electron chi connectivity index (χ2n) is 5.93. The number of amides is 1. The predicted molar refractivity (Wildman–Crippen MR) is 89.5 cm³/mol. The van der Waals surface area contributed by atoms with E-state index in [1.54, 1.807) is 10.6 Å². The summed E-state index contributed by atoms with van der Waals surface area (Å²) < 4.78 is 3.53. The molecule has 23 heavy (non-hydrogen) atoms. The maximum absolute atomic E-state index is 12.0. The van der Waals surface area contributed by atoms with E-state index < -0.39 is 0 Å². The Balaban J connectivity index is 1.86. The first-order valence-electron chi connectivity index (χ1n) is 7.84. The number of carbonyl (C=O) groups excluding carboxylic acids is 1. The van der Waals surface area contributed by atoms with Gasteiger partial charge in [-0.25, -0.2) is 0 Å². The largest absolute Gasteiger partial charge is 0.354 e. The number of carbonyl (C=O) groups is 1. The molecule has 1 N–H and O–H groups in total. The van der Waals surface area contributed by atoms with Gasteiger partial charge in [0.1, 0.15) is 0 Å². The molecule has 0 bridgehead atoms. The van der Waals surface area contributed by atoms with Crippen LogP contribution in [0.4, 0.5) is 0 Å². The monoisotopic (exact) mass is 316 g/mol. The van der Waals surface area contributed by atoms with E-state index in [1.165, 1.54) is 6.07 Å². The fraction of sp³-hybridized carbons (Fsp3) is 0.471. The number of hydrogen-bond donors (Lipinski definition) is 1. The first-order valence-corrected chi connectivity index (χ1v) is 7.84. The number of aryl methyl sites for hydroxylation is 3. The molecule has 0 unspecified atom stereocenters. The van der Waals surface area contributed by atoms with Crippen molar-refractivity contribution in [2.45, 2.75) is 46.7 Å². The van der Waals surface area contributed by atoms with E-state index >= 15 is 0 Å². The molecule has 2 heterocycles. The number of nitrogens with one attached hydrogen (secondary N) is 1. The second kappa shape index (κ2) is 7.26. The molecule has 6 nitrogen and oxygen atoms in total. The summed E-state index contributed by atoms with van der Waals surface area (Å²) >= 11 is 0. The number of nitrogens with zero attached hydrogens (tertiary/aromatic N) is 3. The quantitative estimate of drug-likeness (QED) is 0.882. The van der Waals surface area contributed by atoms with E-state index in [-0.39, 0.29) is 23.9 Å². The van der Waals surface area contributed by atoms with Gasteiger partial charge in [-0.2, -0.15) is 5.10 Å². The minimum absolute atomic E-state index is 0.0615. The first-order chi connectivity index (χ1) is 10.9. The van der Waals surface area contributed by atoms with Gasteiger partial charge in [0.25, 0.3) is 5.56 Å². The van der Waals surface area contributed by atoms with Crippen LogP contribution in [0.3, 0.4) is 0 Å². The van der Waals surface area contributed by atoms with Gasteiger partial charge in [-0.15, -0.1) is 0 Å². The van der Waals surface area contributed by atoms with E-state index in [4.69, 9.17) is 0 Å². The molecule has 0 aromatic carbocycles. The van der Waals surface area contributed by atoms with Crippen LogP contribution in [-0.4, -0.2) is 26.8 Å². The Morgan fingerprint density at radius 1 is 1.26 bits per heavy atom. The maximum atomic E-state index is 12.0. The Morgan fingerprint density at radius 3 is 2.61 bits per heavy atom. The molecule has 0 saturated carbocycles. The van der Waals surface area contributed by atoms with Crippen molar-refractivity contribution in [2.75, 3.05) is 6.54 Å². The maximum Gasteiger partial charge on any atom is 0.250 e. The molecule has 0 aliphatic heterocycles. The van der Waals surface area contributed by atoms with Crippen LogP contribution in [0.5, 0.6) is 0 Å². The smallest absolute Gasteiger partial charge is 0.250 e. The molecule has 1 atom stereocenters. The lowest BCUT2D eigenvalue weighted by molar-refractivity contribution is -0.121. The van der Waals surface area contributed by atoms with Crippen LogP contribution < -0.4 is 10.9 Å². The fourth-order valence-electron chi connectivity index (χ4n) is 2.65. The third-order valence-electron chi connectivity index (χ3n) is 3.89. The minimum atomic E-state index is -0.0752. The highest BCUT2D eigenvalue weighted by molar-refractivity contribution is 5.75. The minimum Gasteiger partial charge on any atom is -0.354 e. The molecule has 0 aliphatic carbocycles. The van der Waals surface area contributed by atoms with Crippen molar-refractivity contribution in [3.8, 4) is 0 Å². The molecule has 0 fully saturated rings. The molecule has 1 amide bonds. The lowest BCUT2D eigenvalue weighted by atomic mass is 10.3. The molecule has 2 aromatic heterocycles. The molecule has 2 aromatic rings. The van der Waals surface area contributed by atoms with Crippen LogP contribution >= 0.6 is 0 Å². The third-order valence-corrected chi connectivity index (χ3v) is 3.89. The number of aromatic nitrogens is 3. The summed E-state index contributed by atoms with van der Waals surface area (Å²) in [5, 5.41) is 7.34. The molecule has 0 spiro atoms. The van der Waals surface area contributed by atoms with Crippen molar-refractivity contribution in [3.05, 3.63) is 51.7 Å². The van der Waals surface area contributed by atoms with Crippen molar-refractivity contribution in [1.82, 2.24) is 19.7 Å². The van der Waals surface area contributed by atoms with Crippen LogP contribution in [0, 0.1) is 20.8 Å². The van der Waals surface area contributed by atoms with Crippen LogP contribution in [-0.2, 0) is 11.3 Å². The number of rotatable bonds is 6. The van der Waals surface area contributed by atoms with E-state index in [9.17, 15) is 9.59 Å². The van der Waals surface area contributed by atoms with E-state index in [0.29, 0.717) is 13.1 Å². The Kier molecular flexibility index (Phi) is 5.36. The zero-order valence-electron chi connectivity index (χ0n) is 14.2. The Labute approximate surface area is 136 Å². The van der Waals surface area contributed by atoms with Gasteiger partial charge in [0.2, 0.25) is 5.91 Å². The third kappa shape index (κ3) is 4.31. The van der Waals surface area contributed by atoms with Crippen molar-refractivity contribution in [2.24, 2.45) is 0 Å². The number of pyridine rings is 1. The zero-order valence-corrected chi connectivity index (χ0v) is 14.2. The summed E-state index contributed by atoms with van der Waals surface area (Å²) in [5.74, 6) is -0.0615.